The zero-order valence-electron chi connectivity index (χ0n) is 7.07. The molecule has 2 heteroatoms. The van der Waals surface area contributed by atoms with Crippen LogP contribution >= 0.6 is 11.8 Å². The number of aromatic nitrogens is 1. The van der Waals surface area contributed by atoms with E-state index >= 15 is 0 Å². The normalized spacial score (nSPS) is 23.8. The van der Waals surface area contributed by atoms with Crippen LogP contribution in [0.4, 0.5) is 0 Å². The number of nitrogens with zero attached hydrogens (tertiary/aromatic N) is 1. The second-order valence-electron chi connectivity index (χ2n) is 3.14. The van der Waals surface area contributed by atoms with Gasteiger partial charge in [0.1, 0.15) is 0 Å². The first-order chi connectivity index (χ1) is 5.97. The lowest BCUT2D eigenvalue weighted by atomic mass is 10.1. The summed E-state index contributed by atoms with van der Waals surface area (Å²) in [5.74, 6) is 1.32. The van der Waals surface area contributed by atoms with Crippen molar-refractivity contribution in [2.24, 2.45) is 0 Å². The third-order valence-electron chi connectivity index (χ3n) is 2.24. The number of pyridine rings is 1. The average Bonchev–Trinajstić information content (AvgIpc) is 2.21. The molecule has 0 radical (unpaired) electrons. The molecule has 1 aliphatic heterocycles. The summed E-state index contributed by atoms with van der Waals surface area (Å²) in [4.78, 5) is 4.15. The molecular formula is C10H13NS. The molecule has 0 N–H and O–H groups in total. The van der Waals surface area contributed by atoms with E-state index < -0.39 is 0 Å². The van der Waals surface area contributed by atoms with Gasteiger partial charge in [0.05, 0.1) is 0 Å². The van der Waals surface area contributed by atoms with E-state index in [1.165, 1.54) is 30.6 Å². The molecule has 1 aromatic rings. The lowest BCUT2D eigenvalue weighted by Crippen LogP contribution is -2.01. The maximum Gasteiger partial charge on any atom is 0.0312 e. The van der Waals surface area contributed by atoms with Crippen LogP contribution in [0.2, 0.25) is 0 Å². The van der Waals surface area contributed by atoms with Crippen LogP contribution in [0.1, 0.15) is 30.1 Å². The van der Waals surface area contributed by atoms with Crippen molar-refractivity contribution in [2.45, 2.75) is 24.5 Å². The Hall–Kier alpha value is -0.500. The van der Waals surface area contributed by atoms with Crippen LogP contribution in [-0.2, 0) is 0 Å². The predicted molar refractivity (Wildman–Crippen MR) is 53.3 cm³/mol. The summed E-state index contributed by atoms with van der Waals surface area (Å²) >= 11 is 2.08. The van der Waals surface area contributed by atoms with Crippen molar-refractivity contribution in [3.63, 3.8) is 0 Å². The highest BCUT2D eigenvalue weighted by molar-refractivity contribution is 7.99. The predicted octanol–water partition coefficient (Wildman–Crippen LogP) is 3.04. The molecule has 0 aromatic carbocycles. The monoisotopic (exact) mass is 179 g/mol. The van der Waals surface area contributed by atoms with Gasteiger partial charge in [-0.05, 0) is 30.2 Å². The van der Waals surface area contributed by atoms with E-state index in [1.807, 2.05) is 18.5 Å². The van der Waals surface area contributed by atoms with Gasteiger partial charge >= 0.3 is 0 Å². The van der Waals surface area contributed by atoms with Crippen LogP contribution in [0, 0.1) is 0 Å². The van der Waals surface area contributed by atoms with Crippen LogP contribution in [0.3, 0.4) is 0 Å². The molecule has 0 unspecified atom stereocenters. The van der Waals surface area contributed by atoms with E-state index in [0.29, 0.717) is 5.25 Å². The van der Waals surface area contributed by atoms with Gasteiger partial charge in [-0.25, -0.2) is 0 Å². The van der Waals surface area contributed by atoms with E-state index in [-0.39, 0.29) is 0 Å². The highest BCUT2D eigenvalue weighted by atomic mass is 32.2. The Morgan fingerprint density at radius 1 is 1.42 bits per heavy atom. The lowest BCUT2D eigenvalue weighted by molar-refractivity contribution is 0.685. The SMILES string of the molecule is c1cncc([C@@H]2CCCCS2)c1. The van der Waals surface area contributed by atoms with E-state index in [2.05, 4.69) is 22.8 Å². The maximum absolute atomic E-state index is 4.15. The van der Waals surface area contributed by atoms with E-state index in [1.54, 1.807) is 0 Å². The second kappa shape index (κ2) is 3.94. The Bertz CT molecular complexity index is 229. The summed E-state index contributed by atoms with van der Waals surface area (Å²) in [6.45, 7) is 0. The molecular weight excluding hydrogens is 166 g/mol. The molecule has 1 nitrogen and oxygen atoms in total. The molecule has 2 rings (SSSR count). The van der Waals surface area contributed by atoms with Crippen molar-refractivity contribution in [2.75, 3.05) is 5.75 Å². The Morgan fingerprint density at radius 2 is 2.42 bits per heavy atom. The first kappa shape index (κ1) is 8.11. The van der Waals surface area contributed by atoms with Crippen LogP contribution in [0.25, 0.3) is 0 Å². The standard InChI is InChI=1S/C10H13NS/c1-2-7-12-10(5-1)9-4-3-6-11-8-9/h3-4,6,8,10H,1-2,5,7H2/t10-/m0/s1. The van der Waals surface area contributed by atoms with Crippen LogP contribution < -0.4 is 0 Å². The summed E-state index contributed by atoms with van der Waals surface area (Å²) < 4.78 is 0. The smallest absolute Gasteiger partial charge is 0.0312 e. The first-order valence-electron chi connectivity index (χ1n) is 4.48. The number of hydrogen-bond acceptors (Lipinski definition) is 2. The summed E-state index contributed by atoms with van der Waals surface area (Å²) in [5.41, 5.74) is 1.40. The van der Waals surface area contributed by atoms with Crippen molar-refractivity contribution in [3.05, 3.63) is 30.1 Å². The van der Waals surface area contributed by atoms with Gasteiger partial charge in [0.25, 0.3) is 0 Å². The average molecular weight is 179 g/mol. The van der Waals surface area contributed by atoms with Gasteiger partial charge in [0.2, 0.25) is 0 Å². The minimum absolute atomic E-state index is 0.715. The van der Waals surface area contributed by atoms with Crippen molar-refractivity contribution in [1.82, 2.24) is 4.98 Å². The quantitative estimate of drug-likeness (QED) is 0.657. The van der Waals surface area contributed by atoms with Crippen molar-refractivity contribution >= 4 is 11.8 Å². The Labute approximate surface area is 77.6 Å². The summed E-state index contributed by atoms with van der Waals surface area (Å²) in [6.07, 6.45) is 7.95. The van der Waals surface area contributed by atoms with Gasteiger partial charge in [0, 0.05) is 17.6 Å². The van der Waals surface area contributed by atoms with Gasteiger partial charge in [-0.2, -0.15) is 11.8 Å². The molecule has 0 saturated carbocycles. The largest absolute Gasteiger partial charge is 0.264 e. The molecule has 12 heavy (non-hydrogen) atoms. The lowest BCUT2D eigenvalue weighted by Gasteiger charge is -2.20. The number of thioether (sulfide) groups is 1. The fraction of sp³-hybridized carbons (Fsp3) is 0.500. The van der Waals surface area contributed by atoms with E-state index in [9.17, 15) is 0 Å². The Balaban J connectivity index is 2.08. The zero-order valence-corrected chi connectivity index (χ0v) is 7.89. The second-order valence-corrected chi connectivity index (χ2v) is 4.45. The van der Waals surface area contributed by atoms with Crippen molar-refractivity contribution < 1.29 is 0 Å². The fourth-order valence-electron chi connectivity index (χ4n) is 1.57. The minimum atomic E-state index is 0.715. The van der Waals surface area contributed by atoms with Gasteiger partial charge in [0.15, 0.2) is 0 Å². The molecule has 2 heterocycles. The third kappa shape index (κ3) is 1.81. The summed E-state index contributed by atoms with van der Waals surface area (Å²) in [7, 11) is 0. The van der Waals surface area contributed by atoms with Crippen LogP contribution in [-0.4, -0.2) is 10.7 Å². The maximum atomic E-state index is 4.15. The zero-order chi connectivity index (χ0) is 8.23. The molecule has 0 spiro atoms. The van der Waals surface area contributed by atoms with Gasteiger partial charge < -0.3 is 0 Å². The molecule has 1 atom stereocenters. The summed E-state index contributed by atoms with van der Waals surface area (Å²) in [6, 6.07) is 4.22. The number of rotatable bonds is 1. The molecule has 0 amide bonds. The molecule has 64 valence electrons. The fourth-order valence-corrected chi connectivity index (χ4v) is 2.89. The topological polar surface area (TPSA) is 12.9 Å². The van der Waals surface area contributed by atoms with Crippen LogP contribution in [0.15, 0.2) is 24.5 Å². The number of hydrogen-bond donors (Lipinski definition) is 0. The highest BCUT2D eigenvalue weighted by Gasteiger charge is 2.15. The van der Waals surface area contributed by atoms with E-state index in [4.69, 9.17) is 0 Å². The first-order valence-corrected chi connectivity index (χ1v) is 5.53. The molecule has 1 aliphatic rings. The van der Waals surface area contributed by atoms with Gasteiger partial charge in [-0.3, -0.25) is 4.98 Å². The van der Waals surface area contributed by atoms with Gasteiger partial charge in [-0.1, -0.05) is 12.5 Å². The Kier molecular flexibility index (Phi) is 2.67. The molecule has 1 aromatic heterocycles. The molecule has 0 aliphatic carbocycles. The molecule has 0 bridgehead atoms. The van der Waals surface area contributed by atoms with Gasteiger partial charge in [-0.15, -0.1) is 0 Å². The molecule has 1 fully saturated rings. The van der Waals surface area contributed by atoms with Crippen LogP contribution in [0.5, 0.6) is 0 Å². The van der Waals surface area contributed by atoms with Crippen molar-refractivity contribution in [1.29, 1.82) is 0 Å². The highest BCUT2D eigenvalue weighted by Crippen LogP contribution is 2.37. The van der Waals surface area contributed by atoms with E-state index in [0.717, 1.165) is 0 Å². The Morgan fingerprint density at radius 3 is 3.08 bits per heavy atom. The molecule has 1 saturated heterocycles. The van der Waals surface area contributed by atoms with Crippen molar-refractivity contribution in [3.8, 4) is 0 Å². The summed E-state index contributed by atoms with van der Waals surface area (Å²) in [5, 5.41) is 0.715. The third-order valence-corrected chi connectivity index (χ3v) is 3.67. The minimum Gasteiger partial charge on any atom is -0.264 e.